The van der Waals surface area contributed by atoms with Gasteiger partial charge in [-0.15, -0.1) is 0 Å². The number of amides is 1. The lowest BCUT2D eigenvalue weighted by Gasteiger charge is -2.14. The van der Waals surface area contributed by atoms with Crippen LogP contribution in [0.25, 0.3) is 10.8 Å². The minimum Gasteiger partial charge on any atom is -0.496 e. The van der Waals surface area contributed by atoms with Crippen molar-refractivity contribution in [3.05, 3.63) is 71.3 Å². The van der Waals surface area contributed by atoms with Crippen LogP contribution in [0.2, 0.25) is 0 Å². The third-order valence-electron chi connectivity index (χ3n) is 4.70. The molecule has 1 aliphatic carbocycles. The van der Waals surface area contributed by atoms with Gasteiger partial charge in [-0.2, -0.15) is 0 Å². The Bertz CT molecular complexity index is 1020. The first-order valence-electron chi connectivity index (χ1n) is 8.46. The SMILES string of the molecule is COc1ccccc1C(=O)NC(=S)Nc1ccc2c3c(cccc13)CC2. The van der Waals surface area contributed by atoms with Crippen LogP contribution in [-0.4, -0.2) is 18.1 Å². The van der Waals surface area contributed by atoms with E-state index in [-0.39, 0.29) is 11.0 Å². The zero-order chi connectivity index (χ0) is 18.1. The highest BCUT2D eigenvalue weighted by Crippen LogP contribution is 2.34. The summed E-state index contributed by atoms with van der Waals surface area (Å²) in [6, 6.07) is 17.5. The predicted octanol–water partition coefficient (Wildman–Crippen LogP) is 4.07. The first kappa shape index (κ1) is 16.5. The molecular weight excluding hydrogens is 344 g/mol. The van der Waals surface area contributed by atoms with Gasteiger partial charge in [-0.3, -0.25) is 10.1 Å². The zero-order valence-corrected chi connectivity index (χ0v) is 15.2. The van der Waals surface area contributed by atoms with Gasteiger partial charge in [0, 0.05) is 11.1 Å². The lowest BCUT2D eigenvalue weighted by molar-refractivity contribution is 0.0975. The Balaban J connectivity index is 1.56. The zero-order valence-electron chi connectivity index (χ0n) is 14.3. The first-order chi connectivity index (χ1) is 12.7. The number of aryl methyl sites for hydroxylation is 2. The van der Waals surface area contributed by atoms with E-state index >= 15 is 0 Å². The maximum atomic E-state index is 12.5. The Hall–Kier alpha value is -2.92. The number of carbonyl (C=O) groups excluding carboxylic acids is 1. The number of rotatable bonds is 3. The number of nitrogens with one attached hydrogen (secondary N) is 2. The van der Waals surface area contributed by atoms with Crippen molar-refractivity contribution >= 4 is 39.7 Å². The van der Waals surface area contributed by atoms with E-state index in [0.29, 0.717) is 11.3 Å². The van der Waals surface area contributed by atoms with Crippen molar-refractivity contribution in [3.63, 3.8) is 0 Å². The van der Waals surface area contributed by atoms with Crippen LogP contribution < -0.4 is 15.4 Å². The molecule has 0 heterocycles. The molecule has 0 fully saturated rings. The van der Waals surface area contributed by atoms with Crippen LogP contribution >= 0.6 is 12.2 Å². The van der Waals surface area contributed by atoms with Crippen molar-refractivity contribution < 1.29 is 9.53 Å². The minimum absolute atomic E-state index is 0.264. The summed E-state index contributed by atoms with van der Waals surface area (Å²) < 4.78 is 5.23. The molecule has 0 aromatic heterocycles. The van der Waals surface area contributed by atoms with Crippen LogP contribution in [0, 0.1) is 0 Å². The van der Waals surface area contributed by atoms with Crippen LogP contribution in [0.5, 0.6) is 5.75 Å². The average molecular weight is 362 g/mol. The Kier molecular flexibility index (Phi) is 4.31. The summed E-state index contributed by atoms with van der Waals surface area (Å²) in [5, 5.41) is 8.59. The largest absolute Gasteiger partial charge is 0.496 e. The van der Waals surface area contributed by atoms with Crippen LogP contribution in [0.3, 0.4) is 0 Å². The Morgan fingerprint density at radius 2 is 1.77 bits per heavy atom. The predicted molar refractivity (Wildman–Crippen MR) is 108 cm³/mol. The van der Waals surface area contributed by atoms with E-state index in [1.54, 1.807) is 18.2 Å². The second-order valence-electron chi connectivity index (χ2n) is 6.22. The van der Waals surface area contributed by atoms with Crippen LogP contribution in [0.1, 0.15) is 21.5 Å². The highest BCUT2D eigenvalue weighted by Gasteiger charge is 2.17. The third kappa shape index (κ3) is 2.91. The van der Waals surface area contributed by atoms with Gasteiger partial charge in [0.1, 0.15) is 5.75 Å². The molecule has 3 aromatic rings. The third-order valence-corrected chi connectivity index (χ3v) is 4.91. The average Bonchev–Trinajstić information content (AvgIpc) is 3.08. The maximum absolute atomic E-state index is 12.5. The Morgan fingerprint density at radius 1 is 1.00 bits per heavy atom. The number of hydrogen-bond acceptors (Lipinski definition) is 3. The van der Waals surface area contributed by atoms with E-state index in [0.717, 1.165) is 23.9 Å². The number of hydrogen-bond donors (Lipinski definition) is 2. The monoisotopic (exact) mass is 362 g/mol. The Labute approximate surface area is 157 Å². The number of para-hydroxylation sites is 1. The van der Waals surface area contributed by atoms with Crippen LogP contribution in [0.15, 0.2) is 54.6 Å². The standard InChI is InChI=1S/C21H18N2O2S/c1-25-18-8-3-2-6-16(18)20(24)23-21(26)22-17-12-11-14-10-9-13-5-4-7-15(17)19(13)14/h2-8,11-12H,9-10H2,1H3,(H2,22,23,24,26). The van der Waals surface area contributed by atoms with Crippen LogP contribution in [-0.2, 0) is 12.8 Å². The molecule has 130 valence electrons. The number of ether oxygens (including phenoxy) is 1. The number of anilines is 1. The van der Waals surface area contributed by atoms with E-state index < -0.39 is 0 Å². The van der Waals surface area contributed by atoms with Gasteiger partial charge in [0.2, 0.25) is 0 Å². The highest BCUT2D eigenvalue weighted by atomic mass is 32.1. The van der Waals surface area contributed by atoms with E-state index in [2.05, 4.69) is 34.9 Å². The van der Waals surface area contributed by atoms with E-state index in [1.807, 2.05) is 12.1 Å². The molecule has 0 bridgehead atoms. The van der Waals surface area contributed by atoms with Gasteiger partial charge in [0.05, 0.1) is 12.7 Å². The molecular formula is C21H18N2O2S. The summed E-state index contributed by atoms with van der Waals surface area (Å²) in [7, 11) is 1.54. The van der Waals surface area contributed by atoms with Crippen molar-refractivity contribution in [1.82, 2.24) is 5.32 Å². The molecule has 4 nitrogen and oxygen atoms in total. The molecule has 2 N–H and O–H groups in total. The molecule has 1 aliphatic rings. The topological polar surface area (TPSA) is 50.4 Å². The molecule has 4 rings (SSSR count). The normalized spacial score (nSPS) is 12.0. The number of thiocarbonyl (C=S) groups is 1. The van der Waals surface area contributed by atoms with Gasteiger partial charge in [0.25, 0.3) is 5.91 Å². The van der Waals surface area contributed by atoms with Gasteiger partial charge in [-0.05, 0) is 59.8 Å². The summed E-state index contributed by atoms with van der Waals surface area (Å²) in [6.45, 7) is 0. The molecule has 0 spiro atoms. The molecule has 3 aromatic carbocycles. The molecule has 0 radical (unpaired) electrons. The van der Waals surface area contributed by atoms with E-state index in [4.69, 9.17) is 17.0 Å². The van der Waals surface area contributed by atoms with Gasteiger partial charge in [-0.25, -0.2) is 0 Å². The summed E-state index contributed by atoms with van der Waals surface area (Å²) >= 11 is 5.35. The molecule has 5 heteroatoms. The molecule has 0 atom stereocenters. The summed E-state index contributed by atoms with van der Waals surface area (Å²) in [6.07, 6.45) is 2.15. The second kappa shape index (κ2) is 6.77. The van der Waals surface area contributed by atoms with Gasteiger partial charge < -0.3 is 10.1 Å². The quantitative estimate of drug-likeness (QED) is 0.690. The Morgan fingerprint density at radius 3 is 2.58 bits per heavy atom. The molecule has 1 amide bonds. The fourth-order valence-electron chi connectivity index (χ4n) is 3.51. The summed E-state index contributed by atoms with van der Waals surface area (Å²) in [4.78, 5) is 12.5. The van der Waals surface area contributed by atoms with Crippen LogP contribution in [0.4, 0.5) is 5.69 Å². The van der Waals surface area contributed by atoms with Gasteiger partial charge >= 0.3 is 0 Å². The molecule has 0 saturated heterocycles. The van der Waals surface area contributed by atoms with Gasteiger partial charge in [-0.1, -0.05) is 36.4 Å². The highest BCUT2D eigenvalue weighted by molar-refractivity contribution is 7.80. The fourth-order valence-corrected chi connectivity index (χ4v) is 3.71. The van der Waals surface area contributed by atoms with Crippen molar-refractivity contribution in [3.8, 4) is 5.75 Å². The number of carbonyl (C=O) groups is 1. The van der Waals surface area contributed by atoms with Gasteiger partial charge in [0.15, 0.2) is 5.11 Å². The number of benzene rings is 3. The maximum Gasteiger partial charge on any atom is 0.261 e. The molecule has 26 heavy (non-hydrogen) atoms. The molecule has 0 saturated carbocycles. The first-order valence-corrected chi connectivity index (χ1v) is 8.87. The van der Waals surface area contributed by atoms with Crippen molar-refractivity contribution in [2.75, 3.05) is 12.4 Å². The lowest BCUT2D eigenvalue weighted by atomic mass is 10.0. The molecule has 0 aliphatic heterocycles. The van der Waals surface area contributed by atoms with E-state index in [9.17, 15) is 4.79 Å². The molecule has 0 unspecified atom stereocenters. The minimum atomic E-state index is -0.300. The second-order valence-corrected chi connectivity index (χ2v) is 6.63. The van der Waals surface area contributed by atoms with Crippen molar-refractivity contribution in [1.29, 1.82) is 0 Å². The fraction of sp³-hybridized carbons (Fsp3) is 0.143. The number of methoxy groups -OCH3 is 1. The smallest absolute Gasteiger partial charge is 0.261 e. The lowest BCUT2D eigenvalue weighted by Crippen LogP contribution is -2.34. The van der Waals surface area contributed by atoms with Crippen molar-refractivity contribution in [2.45, 2.75) is 12.8 Å². The summed E-state index contributed by atoms with van der Waals surface area (Å²) in [5.74, 6) is 0.212. The summed E-state index contributed by atoms with van der Waals surface area (Å²) in [5.41, 5.74) is 4.08. The van der Waals surface area contributed by atoms with Crippen molar-refractivity contribution in [2.24, 2.45) is 0 Å². The van der Waals surface area contributed by atoms with E-state index in [1.165, 1.54) is 23.6 Å².